The van der Waals surface area contributed by atoms with Gasteiger partial charge in [0.25, 0.3) is 10.0 Å². The molecule has 2 aromatic heterocycles. The van der Waals surface area contributed by atoms with E-state index in [2.05, 4.69) is 14.9 Å². The van der Waals surface area contributed by atoms with Crippen LogP contribution in [0.2, 0.25) is 0 Å². The third kappa shape index (κ3) is 2.86. The Balaban J connectivity index is 1.96. The van der Waals surface area contributed by atoms with Crippen molar-refractivity contribution in [2.75, 3.05) is 4.72 Å². The molecule has 2 heterocycles. The van der Waals surface area contributed by atoms with Crippen molar-refractivity contribution in [1.29, 1.82) is 0 Å². The summed E-state index contributed by atoms with van der Waals surface area (Å²) in [5, 5.41) is 7.43. The number of nitrogens with zero attached hydrogens (tertiary/aromatic N) is 2. The van der Waals surface area contributed by atoms with Gasteiger partial charge in [-0.3, -0.25) is 4.72 Å². The summed E-state index contributed by atoms with van der Waals surface area (Å²) < 4.78 is 37.3. The van der Waals surface area contributed by atoms with Crippen molar-refractivity contribution in [3.05, 3.63) is 48.2 Å². The predicted octanol–water partition coefficient (Wildman–Crippen LogP) is 2.75. The Morgan fingerprint density at radius 1 is 1.09 bits per heavy atom. The molecular formula is C14H13N3O4S. The summed E-state index contributed by atoms with van der Waals surface area (Å²) in [5.74, 6) is 0.847. The van der Waals surface area contributed by atoms with Gasteiger partial charge in [0.1, 0.15) is 16.9 Å². The topological polar surface area (TPSA) is 98.2 Å². The van der Waals surface area contributed by atoms with E-state index in [4.69, 9.17) is 8.83 Å². The number of nitrogens with one attached hydrogen (secondary N) is 1. The lowest BCUT2D eigenvalue weighted by Crippen LogP contribution is -2.12. The molecule has 0 saturated carbocycles. The number of aryl methyl sites for hydroxylation is 2. The molecular weight excluding hydrogens is 306 g/mol. The van der Waals surface area contributed by atoms with Crippen LogP contribution in [-0.2, 0) is 10.0 Å². The molecule has 0 atom stereocenters. The molecule has 114 valence electrons. The zero-order valence-corrected chi connectivity index (χ0v) is 12.7. The third-order valence-corrected chi connectivity index (χ3v) is 4.29. The van der Waals surface area contributed by atoms with Gasteiger partial charge in [0.15, 0.2) is 0 Å². The van der Waals surface area contributed by atoms with Crippen molar-refractivity contribution >= 4 is 15.7 Å². The molecule has 1 aromatic carbocycles. The normalized spacial score (nSPS) is 11.5. The van der Waals surface area contributed by atoms with Gasteiger partial charge < -0.3 is 8.83 Å². The number of rotatable bonds is 4. The average Bonchev–Trinajstić information content (AvgIpc) is 3.08. The Bertz CT molecular complexity index is 898. The van der Waals surface area contributed by atoms with Gasteiger partial charge >= 0.3 is 0 Å². The second-order valence-corrected chi connectivity index (χ2v) is 6.51. The maximum Gasteiger partial charge on any atom is 0.265 e. The molecule has 0 aliphatic rings. The largest absolute Gasteiger partial charge is 0.468 e. The first-order chi connectivity index (χ1) is 10.4. The number of hydrogen-bond donors (Lipinski definition) is 1. The second-order valence-electron chi connectivity index (χ2n) is 4.83. The van der Waals surface area contributed by atoms with Crippen LogP contribution in [0.5, 0.6) is 0 Å². The van der Waals surface area contributed by atoms with Crippen LogP contribution in [-0.4, -0.2) is 18.6 Å². The molecule has 3 rings (SSSR count). The molecule has 0 bridgehead atoms. The summed E-state index contributed by atoms with van der Waals surface area (Å²) in [6.45, 7) is 3.53. The average molecular weight is 319 g/mol. The van der Waals surface area contributed by atoms with E-state index in [9.17, 15) is 8.42 Å². The molecule has 0 spiro atoms. The minimum Gasteiger partial charge on any atom is -0.468 e. The molecule has 0 amide bonds. The number of hydrogen-bond acceptors (Lipinski definition) is 6. The fourth-order valence-electron chi connectivity index (χ4n) is 2.04. The first-order valence-corrected chi connectivity index (χ1v) is 7.88. The SMILES string of the molecule is Cc1cc(NS(=O)(=O)c2coc(C)c2)cc(-c2nnco2)c1. The fraction of sp³-hybridized carbons (Fsp3) is 0.143. The Hall–Kier alpha value is -2.61. The van der Waals surface area contributed by atoms with Crippen molar-refractivity contribution in [2.24, 2.45) is 0 Å². The molecule has 8 heteroatoms. The second kappa shape index (κ2) is 5.30. The molecule has 0 fully saturated rings. The van der Waals surface area contributed by atoms with E-state index >= 15 is 0 Å². The molecule has 3 aromatic rings. The fourth-order valence-corrected chi connectivity index (χ4v) is 3.08. The van der Waals surface area contributed by atoms with Gasteiger partial charge in [-0.15, -0.1) is 10.2 Å². The summed E-state index contributed by atoms with van der Waals surface area (Å²) in [6, 6.07) is 6.62. The highest BCUT2D eigenvalue weighted by atomic mass is 32.2. The van der Waals surface area contributed by atoms with Gasteiger partial charge in [-0.1, -0.05) is 0 Å². The van der Waals surface area contributed by atoms with Crippen LogP contribution in [0.15, 0.2) is 50.7 Å². The maximum atomic E-state index is 12.3. The van der Waals surface area contributed by atoms with Gasteiger partial charge in [0.05, 0.1) is 0 Å². The number of benzene rings is 1. The molecule has 0 unspecified atom stereocenters. The quantitative estimate of drug-likeness (QED) is 0.794. The molecule has 0 aliphatic carbocycles. The van der Waals surface area contributed by atoms with E-state index in [0.717, 1.165) is 5.56 Å². The van der Waals surface area contributed by atoms with Crippen LogP contribution in [0.3, 0.4) is 0 Å². The Morgan fingerprint density at radius 2 is 1.91 bits per heavy atom. The van der Waals surface area contributed by atoms with Crippen molar-refractivity contribution < 1.29 is 17.3 Å². The van der Waals surface area contributed by atoms with E-state index in [1.807, 2.05) is 13.0 Å². The van der Waals surface area contributed by atoms with E-state index in [-0.39, 0.29) is 4.90 Å². The molecule has 22 heavy (non-hydrogen) atoms. The standard InChI is InChI=1S/C14H13N3O4S/c1-9-3-11(14-16-15-8-21-14)6-12(4-9)17-22(18,19)13-5-10(2)20-7-13/h3-8,17H,1-2H3. The monoisotopic (exact) mass is 319 g/mol. The van der Waals surface area contributed by atoms with Crippen molar-refractivity contribution in [1.82, 2.24) is 10.2 Å². The Morgan fingerprint density at radius 3 is 2.55 bits per heavy atom. The van der Waals surface area contributed by atoms with Crippen LogP contribution in [0.1, 0.15) is 11.3 Å². The highest BCUT2D eigenvalue weighted by Gasteiger charge is 2.17. The number of aromatic nitrogens is 2. The third-order valence-electron chi connectivity index (χ3n) is 2.95. The van der Waals surface area contributed by atoms with Crippen molar-refractivity contribution in [2.45, 2.75) is 18.7 Å². The first kappa shape index (κ1) is 14.3. The summed E-state index contributed by atoms with van der Waals surface area (Å²) >= 11 is 0. The lowest BCUT2D eigenvalue weighted by Gasteiger charge is -2.08. The zero-order valence-electron chi connectivity index (χ0n) is 11.9. The number of furan rings is 1. The van der Waals surface area contributed by atoms with E-state index in [1.54, 1.807) is 19.1 Å². The summed E-state index contributed by atoms with van der Waals surface area (Å²) in [5.41, 5.74) is 1.91. The predicted molar refractivity (Wildman–Crippen MR) is 78.7 cm³/mol. The van der Waals surface area contributed by atoms with Gasteiger partial charge in [0, 0.05) is 11.3 Å². The lowest BCUT2D eigenvalue weighted by atomic mass is 10.1. The van der Waals surface area contributed by atoms with Gasteiger partial charge in [0.2, 0.25) is 12.3 Å². The van der Waals surface area contributed by atoms with E-state index in [0.29, 0.717) is 22.9 Å². The summed E-state index contributed by atoms with van der Waals surface area (Å²) in [6.07, 6.45) is 2.42. The summed E-state index contributed by atoms with van der Waals surface area (Å²) in [4.78, 5) is 0.0749. The van der Waals surface area contributed by atoms with Crippen LogP contribution in [0.4, 0.5) is 5.69 Å². The lowest BCUT2D eigenvalue weighted by molar-refractivity contribution is 0.528. The van der Waals surface area contributed by atoms with Crippen LogP contribution in [0, 0.1) is 13.8 Å². The molecule has 7 nitrogen and oxygen atoms in total. The van der Waals surface area contributed by atoms with Gasteiger partial charge in [-0.05, 0) is 43.7 Å². The molecule has 0 radical (unpaired) electrons. The molecule has 0 saturated heterocycles. The smallest absolute Gasteiger partial charge is 0.265 e. The first-order valence-electron chi connectivity index (χ1n) is 6.40. The van der Waals surface area contributed by atoms with E-state index < -0.39 is 10.0 Å². The highest BCUT2D eigenvalue weighted by Crippen LogP contribution is 2.25. The molecule has 1 N–H and O–H groups in total. The maximum absolute atomic E-state index is 12.3. The minimum absolute atomic E-state index is 0.0749. The zero-order chi connectivity index (χ0) is 15.7. The van der Waals surface area contributed by atoms with Gasteiger partial charge in [-0.25, -0.2) is 8.42 Å². The van der Waals surface area contributed by atoms with Crippen LogP contribution < -0.4 is 4.72 Å². The van der Waals surface area contributed by atoms with E-state index in [1.165, 1.54) is 18.7 Å². The Kier molecular flexibility index (Phi) is 3.45. The van der Waals surface area contributed by atoms with Crippen molar-refractivity contribution in [3.63, 3.8) is 0 Å². The number of sulfonamides is 1. The van der Waals surface area contributed by atoms with Crippen molar-refractivity contribution in [3.8, 4) is 11.5 Å². The highest BCUT2D eigenvalue weighted by molar-refractivity contribution is 7.92. The Labute approximate surface area is 127 Å². The summed E-state index contributed by atoms with van der Waals surface area (Å²) in [7, 11) is -3.71. The van der Waals surface area contributed by atoms with Gasteiger partial charge in [-0.2, -0.15) is 0 Å². The molecule has 0 aliphatic heterocycles. The number of anilines is 1. The minimum atomic E-state index is -3.71. The van der Waals surface area contributed by atoms with Crippen LogP contribution in [0.25, 0.3) is 11.5 Å². The van der Waals surface area contributed by atoms with Crippen LogP contribution >= 0.6 is 0 Å².